The van der Waals surface area contributed by atoms with Crippen molar-refractivity contribution >= 4 is 10.0 Å². The minimum atomic E-state index is -3.39. The van der Waals surface area contributed by atoms with E-state index in [-0.39, 0.29) is 0 Å². The molecule has 1 aromatic heterocycles. The fourth-order valence-electron chi connectivity index (χ4n) is 2.29. The second-order valence-electron chi connectivity index (χ2n) is 5.69. The molecular weight excluding hydrogens is 262 g/mol. The monoisotopic (exact) mass is 285 g/mol. The Morgan fingerprint density at radius 1 is 1.47 bits per heavy atom. The van der Waals surface area contributed by atoms with Crippen molar-refractivity contribution in [3.05, 3.63) is 18.0 Å². The molecule has 0 saturated heterocycles. The van der Waals surface area contributed by atoms with Crippen molar-refractivity contribution in [3.8, 4) is 0 Å². The Hall–Kier alpha value is -0.850. The second-order valence-corrected chi connectivity index (χ2v) is 7.73. The summed E-state index contributed by atoms with van der Waals surface area (Å²) >= 11 is 0. The van der Waals surface area contributed by atoms with E-state index in [2.05, 4.69) is 0 Å². The van der Waals surface area contributed by atoms with E-state index in [9.17, 15) is 8.42 Å². The minimum absolute atomic E-state index is 0.305. The molecule has 2 rings (SSSR count). The van der Waals surface area contributed by atoms with Crippen LogP contribution in [-0.4, -0.2) is 30.9 Å². The number of hydrogen-bond acceptors (Lipinski definition) is 3. The largest absolute Gasteiger partial charge is 0.346 e. The number of hydrogen-bond donors (Lipinski definition) is 1. The molecule has 0 unspecified atom stereocenters. The number of aromatic nitrogens is 1. The highest BCUT2D eigenvalue weighted by Crippen LogP contribution is 2.37. The maximum atomic E-state index is 12.5. The highest BCUT2D eigenvalue weighted by atomic mass is 32.2. The number of nitrogens with two attached hydrogens (primary N) is 1. The first kappa shape index (κ1) is 14.6. The molecule has 19 heavy (non-hydrogen) atoms. The molecule has 0 amide bonds. The molecule has 1 aliphatic rings. The molecule has 2 N–H and O–H groups in total. The summed E-state index contributed by atoms with van der Waals surface area (Å²) in [5.74, 6) is 0.305. The summed E-state index contributed by atoms with van der Waals surface area (Å²) < 4.78 is 28.4. The van der Waals surface area contributed by atoms with Gasteiger partial charge < -0.3 is 10.3 Å². The van der Waals surface area contributed by atoms with Crippen molar-refractivity contribution in [1.82, 2.24) is 8.87 Å². The molecular formula is C13H23N3O2S. The first-order valence-electron chi connectivity index (χ1n) is 6.73. The first-order valence-corrected chi connectivity index (χ1v) is 8.17. The highest BCUT2D eigenvalue weighted by Gasteiger charge is 2.29. The lowest BCUT2D eigenvalue weighted by atomic mass is 10.2. The summed E-state index contributed by atoms with van der Waals surface area (Å²) in [4.78, 5) is 0.364. The molecule has 108 valence electrons. The van der Waals surface area contributed by atoms with Crippen LogP contribution < -0.4 is 5.73 Å². The molecule has 0 aromatic carbocycles. The van der Waals surface area contributed by atoms with Gasteiger partial charge >= 0.3 is 0 Å². The molecule has 1 aliphatic carbocycles. The quantitative estimate of drug-likeness (QED) is 0.862. The first-order chi connectivity index (χ1) is 8.86. The number of nitrogens with zero attached hydrogens (tertiary/aromatic N) is 2. The Labute approximate surface area is 115 Å². The minimum Gasteiger partial charge on any atom is -0.346 e. The predicted octanol–water partition coefficient (Wildman–Crippen LogP) is 1.56. The van der Waals surface area contributed by atoms with E-state index >= 15 is 0 Å². The zero-order valence-corrected chi connectivity index (χ0v) is 12.7. The molecule has 1 fully saturated rings. The van der Waals surface area contributed by atoms with Crippen LogP contribution in [0.15, 0.2) is 17.2 Å². The summed E-state index contributed by atoms with van der Waals surface area (Å²) in [7, 11) is -1.76. The molecule has 6 heteroatoms. The molecule has 5 nitrogen and oxygen atoms in total. The van der Waals surface area contributed by atoms with Gasteiger partial charge in [-0.15, -0.1) is 0 Å². The summed E-state index contributed by atoms with van der Waals surface area (Å²) in [6, 6.07) is 2.16. The van der Waals surface area contributed by atoms with Gasteiger partial charge in [-0.05, 0) is 24.8 Å². The lowest BCUT2D eigenvalue weighted by Crippen LogP contribution is -2.30. The SMILES string of the molecule is CC(C)CN(C)S(=O)(=O)c1cc(CN)n(C2CC2)c1. The summed E-state index contributed by atoms with van der Waals surface area (Å²) in [6.07, 6.45) is 3.97. The van der Waals surface area contributed by atoms with Gasteiger partial charge in [0.05, 0.1) is 0 Å². The lowest BCUT2D eigenvalue weighted by Gasteiger charge is -2.18. The van der Waals surface area contributed by atoms with Crippen LogP contribution in [0.25, 0.3) is 0 Å². The molecule has 0 bridgehead atoms. The number of rotatable bonds is 6. The van der Waals surface area contributed by atoms with E-state index in [1.54, 1.807) is 19.3 Å². The van der Waals surface area contributed by atoms with Gasteiger partial charge in [-0.2, -0.15) is 0 Å². The Kier molecular flexibility index (Phi) is 4.03. The Balaban J connectivity index is 2.29. The average molecular weight is 285 g/mol. The Bertz CT molecular complexity index is 544. The Morgan fingerprint density at radius 3 is 2.58 bits per heavy atom. The summed E-state index contributed by atoms with van der Waals surface area (Å²) in [6.45, 7) is 4.91. The fraction of sp³-hybridized carbons (Fsp3) is 0.692. The highest BCUT2D eigenvalue weighted by molar-refractivity contribution is 7.89. The van der Waals surface area contributed by atoms with Crippen LogP contribution in [0, 0.1) is 5.92 Å². The average Bonchev–Trinajstić information content (AvgIpc) is 3.07. The topological polar surface area (TPSA) is 68.3 Å². The van der Waals surface area contributed by atoms with E-state index in [0.29, 0.717) is 29.9 Å². The zero-order valence-electron chi connectivity index (χ0n) is 11.8. The molecule has 0 atom stereocenters. The Morgan fingerprint density at radius 2 is 2.11 bits per heavy atom. The maximum Gasteiger partial charge on any atom is 0.244 e. The van der Waals surface area contributed by atoms with Crippen LogP contribution in [-0.2, 0) is 16.6 Å². The van der Waals surface area contributed by atoms with Gasteiger partial charge in [-0.3, -0.25) is 0 Å². The third-order valence-corrected chi connectivity index (χ3v) is 5.18. The van der Waals surface area contributed by atoms with Crippen molar-refractivity contribution in [2.75, 3.05) is 13.6 Å². The second kappa shape index (κ2) is 5.26. The van der Waals surface area contributed by atoms with Gasteiger partial charge in [-0.1, -0.05) is 13.8 Å². The van der Waals surface area contributed by atoms with Crippen LogP contribution in [0.4, 0.5) is 0 Å². The molecule has 1 heterocycles. The molecule has 1 aromatic rings. The molecule has 0 aliphatic heterocycles. The normalized spacial score (nSPS) is 16.5. The van der Waals surface area contributed by atoms with Gasteiger partial charge in [0.25, 0.3) is 0 Å². The molecule has 0 spiro atoms. The van der Waals surface area contributed by atoms with Crippen molar-refractivity contribution in [2.45, 2.75) is 44.2 Å². The van der Waals surface area contributed by atoms with E-state index in [4.69, 9.17) is 5.73 Å². The fourth-order valence-corrected chi connectivity index (χ4v) is 3.67. The van der Waals surface area contributed by atoms with E-state index < -0.39 is 10.0 Å². The third-order valence-electron chi connectivity index (χ3n) is 3.39. The van der Waals surface area contributed by atoms with Crippen molar-refractivity contribution in [1.29, 1.82) is 0 Å². The van der Waals surface area contributed by atoms with Crippen LogP contribution in [0.5, 0.6) is 0 Å². The molecule has 0 radical (unpaired) electrons. The zero-order chi connectivity index (χ0) is 14.2. The van der Waals surface area contributed by atoms with Gasteiger partial charge in [0.1, 0.15) is 4.90 Å². The van der Waals surface area contributed by atoms with E-state index in [0.717, 1.165) is 18.5 Å². The summed E-state index contributed by atoms with van der Waals surface area (Å²) in [5, 5.41) is 0. The van der Waals surface area contributed by atoms with E-state index in [1.807, 2.05) is 18.4 Å². The van der Waals surface area contributed by atoms with Gasteiger partial charge in [0.15, 0.2) is 0 Å². The lowest BCUT2D eigenvalue weighted by molar-refractivity contribution is 0.417. The standard InChI is InChI=1S/C13H23N3O2S/c1-10(2)8-15(3)19(17,18)13-6-12(7-14)16(9-13)11-4-5-11/h6,9-11H,4-5,7-8,14H2,1-3H3. The van der Waals surface area contributed by atoms with E-state index in [1.165, 1.54) is 4.31 Å². The van der Waals surface area contributed by atoms with Crippen molar-refractivity contribution < 1.29 is 8.42 Å². The van der Waals surface area contributed by atoms with Gasteiger partial charge in [0.2, 0.25) is 10.0 Å². The maximum absolute atomic E-state index is 12.5. The molecule has 1 saturated carbocycles. The third kappa shape index (κ3) is 3.01. The van der Waals surface area contributed by atoms with Crippen LogP contribution >= 0.6 is 0 Å². The van der Waals surface area contributed by atoms with Crippen molar-refractivity contribution in [2.24, 2.45) is 11.7 Å². The predicted molar refractivity (Wildman–Crippen MR) is 75.2 cm³/mol. The van der Waals surface area contributed by atoms with Crippen LogP contribution in [0.2, 0.25) is 0 Å². The van der Waals surface area contributed by atoms with Gasteiger partial charge in [0, 0.05) is 38.1 Å². The van der Waals surface area contributed by atoms with Crippen molar-refractivity contribution in [3.63, 3.8) is 0 Å². The smallest absolute Gasteiger partial charge is 0.244 e. The van der Waals surface area contributed by atoms with Gasteiger partial charge in [-0.25, -0.2) is 12.7 Å². The van der Waals surface area contributed by atoms with Crippen LogP contribution in [0.1, 0.15) is 38.4 Å². The number of sulfonamides is 1. The van der Waals surface area contributed by atoms with Crippen LogP contribution in [0.3, 0.4) is 0 Å². The summed E-state index contributed by atoms with van der Waals surface area (Å²) in [5.41, 5.74) is 6.60.